The van der Waals surface area contributed by atoms with Crippen molar-refractivity contribution in [2.75, 3.05) is 31.4 Å². The van der Waals surface area contributed by atoms with Crippen LogP contribution in [0.4, 0.5) is 11.4 Å². The molecule has 0 bridgehead atoms. The average molecular weight is 424 g/mol. The molecule has 1 aliphatic rings. The second kappa shape index (κ2) is 10.1. The van der Waals surface area contributed by atoms with E-state index in [0.717, 1.165) is 31.4 Å². The third-order valence-electron chi connectivity index (χ3n) is 5.57. The Labute approximate surface area is 182 Å². The number of benzene rings is 1. The van der Waals surface area contributed by atoms with Crippen molar-refractivity contribution >= 4 is 29.1 Å². The largest absolute Gasteiger partial charge is 0.376 e. The molecule has 0 unspecified atom stereocenters. The first-order valence-corrected chi connectivity index (χ1v) is 10.4. The standard InChI is InChI=1S/C23H29N5O3/c1-24-21(29)15-8-11-17(12-9-15)26-22(30)16-10-13-19(25-14-16)23(31)27-18-6-4-5-7-20(18)28(2)3/h4-7,10,13-15,17H,8-9,11-12H2,1-3H3,(H,24,29)(H,26,30)(H,27,31). The summed E-state index contributed by atoms with van der Waals surface area (Å²) in [6.45, 7) is 0. The lowest BCUT2D eigenvalue weighted by atomic mass is 9.85. The predicted molar refractivity (Wildman–Crippen MR) is 120 cm³/mol. The first-order valence-electron chi connectivity index (χ1n) is 10.4. The molecular formula is C23H29N5O3. The number of hydrogen-bond acceptors (Lipinski definition) is 5. The van der Waals surface area contributed by atoms with Gasteiger partial charge in [0, 0.05) is 39.3 Å². The zero-order chi connectivity index (χ0) is 22.4. The highest BCUT2D eigenvalue weighted by Gasteiger charge is 2.26. The third-order valence-corrected chi connectivity index (χ3v) is 5.57. The number of rotatable bonds is 6. The summed E-state index contributed by atoms with van der Waals surface area (Å²) in [5.41, 5.74) is 2.21. The van der Waals surface area contributed by atoms with Gasteiger partial charge in [-0.3, -0.25) is 19.4 Å². The van der Waals surface area contributed by atoms with Crippen LogP contribution in [-0.4, -0.2) is 49.9 Å². The van der Waals surface area contributed by atoms with E-state index in [2.05, 4.69) is 20.9 Å². The monoisotopic (exact) mass is 423 g/mol. The molecule has 1 aromatic carbocycles. The zero-order valence-corrected chi connectivity index (χ0v) is 18.1. The molecular weight excluding hydrogens is 394 g/mol. The summed E-state index contributed by atoms with van der Waals surface area (Å²) >= 11 is 0. The first-order chi connectivity index (χ1) is 14.9. The quantitative estimate of drug-likeness (QED) is 0.662. The fourth-order valence-corrected chi connectivity index (χ4v) is 3.79. The highest BCUT2D eigenvalue weighted by atomic mass is 16.2. The number of pyridine rings is 1. The Morgan fingerprint density at radius 1 is 0.968 bits per heavy atom. The van der Waals surface area contributed by atoms with Crippen LogP contribution >= 0.6 is 0 Å². The lowest BCUT2D eigenvalue weighted by molar-refractivity contribution is -0.125. The molecule has 1 fully saturated rings. The number of nitrogens with one attached hydrogen (secondary N) is 3. The van der Waals surface area contributed by atoms with Crippen LogP contribution < -0.4 is 20.9 Å². The molecule has 3 rings (SSSR count). The highest BCUT2D eigenvalue weighted by molar-refractivity contribution is 6.05. The highest BCUT2D eigenvalue weighted by Crippen LogP contribution is 2.25. The van der Waals surface area contributed by atoms with E-state index < -0.39 is 0 Å². The van der Waals surface area contributed by atoms with Crippen molar-refractivity contribution in [1.82, 2.24) is 15.6 Å². The molecule has 0 atom stereocenters. The zero-order valence-electron chi connectivity index (χ0n) is 18.1. The molecule has 1 heterocycles. The minimum absolute atomic E-state index is 0.0234. The molecule has 2 aromatic rings. The maximum atomic E-state index is 12.6. The van der Waals surface area contributed by atoms with Crippen molar-refractivity contribution in [1.29, 1.82) is 0 Å². The molecule has 1 saturated carbocycles. The van der Waals surface area contributed by atoms with E-state index in [4.69, 9.17) is 0 Å². The maximum Gasteiger partial charge on any atom is 0.274 e. The van der Waals surface area contributed by atoms with E-state index in [1.54, 1.807) is 19.2 Å². The van der Waals surface area contributed by atoms with Crippen molar-refractivity contribution in [3.63, 3.8) is 0 Å². The molecule has 0 saturated heterocycles. The van der Waals surface area contributed by atoms with Gasteiger partial charge in [0.05, 0.1) is 16.9 Å². The number of carbonyl (C=O) groups is 3. The smallest absolute Gasteiger partial charge is 0.274 e. The minimum atomic E-state index is -0.339. The summed E-state index contributed by atoms with van der Waals surface area (Å²) in [7, 11) is 5.46. The Morgan fingerprint density at radius 2 is 1.68 bits per heavy atom. The summed E-state index contributed by atoms with van der Waals surface area (Å²) in [6, 6.07) is 10.7. The topological polar surface area (TPSA) is 103 Å². The molecule has 3 N–H and O–H groups in total. The Hall–Kier alpha value is -3.42. The predicted octanol–water partition coefficient (Wildman–Crippen LogP) is 2.43. The molecule has 164 valence electrons. The van der Waals surface area contributed by atoms with Gasteiger partial charge in [0.25, 0.3) is 11.8 Å². The molecule has 8 nitrogen and oxygen atoms in total. The fourth-order valence-electron chi connectivity index (χ4n) is 3.79. The van der Waals surface area contributed by atoms with Gasteiger partial charge in [-0.15, -0.1) is 0 Å². The number of aromatic nitrogens is 1. The number of para-hydroxylation sites is 2. The van der Waals surface area contributed by atoms with E-state index in [1.807, 2.05) is 43.3 Å². The van der Waals surface area contributed by atoms with Crippen molar-refractivity contribution < 1.29 is 14.4 Å². The minimum Gasteiger partial charge on any atom is -0.376 e. The number of hydrogen-bond donors (Lipinski definition) is 3. The second-order valence-corrected chi connectivity index (χ2v) is 7.93. The lowest BCUT2D eigenvalue weighted by Gasteiger charge is -2.28. The van der Waals surface area contributed by atoms with Gasteiger partial charge in [0.2, 0.25) is 5.91 Å². The van der Waals surface area contributed by atoms with Gasteiger partial charge in [0.1, 0.15) is 5.69 Å². The van der Waals surface area contributed by atoms with Crippen LogP contribution in [0.15, 0.2) is 42.6 Å². The van der Waals surface area contributed by atoms with E-state index >= 15 is 0 Å². The number of amides is 3. The Bertz CT molecular complexity index is 934. The molecule has 1 aliphatic carbocycles. The molecule has 0 radical (unpaired) electrons. The lowest BCUT2D eigenvalue weighted by Crippen LogP contribution is -2.40. The van der Waals surface area contributed by atoms with Crippen molar-refractivity contribution in [3.8, 4) is 0 Å². The van der Waals surface area contributed by atoms with Crippen LogP contribution in [0, 0.1) is 5.92 Å². The van der Waals surface area contributed by atoms with Crippen molar-refractivity contribution in [3.05, 3.63) is 53.9 Å². The normalized spacial score (nSPS) is 18.0. The molecule has 0 spiro atoms. The van der Waals surface area contributed by atoms with E-state index in [1.165, 1.54) is 6.20 Å². The molecule has 8 heteroatoms. The maximum absolute atomic E-state index is 12.6. The van der Waals surface area contributed by atoms with Gasteiger partial charge in [-0.1, -0.05) is 12.1 Å². The Morgan fingerprint density at radius 3 is 2.29 bits per heavy atom. The summed E-state index contributed by atoms with van der Waals surface area (Å²) in [6.07, 6.45) is 4.47. The van der Waals surface area contributed by atoms with Gasteiger partial charge < -0.3 is 20.9 Å². The van der Waals surface area contributed by atoms with E-state index in [9.17, 15) is 14.4 Å². The second-order valence-electron chi connectivity index (χ2n) is 7.93. The van der Waals surface area contributed by atoms with Crippen LogP contribution in [0.5, 0.6) is 0 Å². The van der Waals surface area contributed by atoms with Crippen LogP contribution in [0.1, 0.15) is 46.5 Å². The van der Waals surface area contributed by atoms with Crippen LogP contribution in [-0.2, 0) is 4.79 Å². The first kappa shape index (κ1) is 22.3. The summed E-state index contributed by atoms with van der Waals surface area (Å²) in [5.74, 6) is -0.471. The fraction of sp³-hybridized carbons (Fsp3) is 0.391. The van der Waals surface area contributed by atoms with Crippen LogP contribution in [0.2, 0.25) is 0 Å². The van der Waals surface area contributed by atoms with Crippen molar-refractivity contribution in [2.24, 2.45) is 5.92 Å². The van der Waals surface area contributed by atoms with Crippen molar-refractivity contribution in [2.45, 2.75) is 31.7 Å². The summed E-state index contributed by atoms with van der Waals surface area (Å²) in [4.78, 5) is 42.9. The van der Waals surface area contributed by atoms with Gasteiger partial charge >= 0.3 is 0 Å². The molecule has 31 heavy (non-hydrogen) atoms. The Balaban J connectivity index is 1.57. The summed E-state index contributed by atoms with van der Waals surface area (Å²) < 4.78 is 0. The number of carbonyl (C=O) groups excluding carboxylic acids is 3. The van der Waals surface area contributed by atoms with E-state index in [0.29, 0.717) is 11.3 Å². The summed E-state index contributed by atoms with van der Waals surface area (Å²) in [5, 5.41) is 8.55. The van der Waals surface area contributed by atoms with Crippen LogP contribution in [0.25, 0.3) is 0 Å². The van der Waals surface area contributed by atoms with E-state index in [-0.39, 0.29) is 35.4 Å². The molecule has 1 aromatic heterocycles. The van der Waals surface area contributed by atoms with Gasteiger partial charge in [0.15, 0.2) is 0 Å². The average Bonchev–Trinajstić information content (AvgIpc) is 2.79. The third kappa shape index (κ3) is 5.59. The Kier molecular flexibility index (Phi) is 7.23. The van der Waals surface area contributed by atoms with Gasteiger partial charge in [-0.05, 0) is 49.9 Å². The van der Waals surface area contributed by atoms with Crippen LogP contribution in [0.3, 0.4) is 0 Å². The SMILES string of the molecule is CNC(=O)C1CCC(NC(=O)c2ccc(C(=O)Nc3ccccc3N(C)C)nc2)CC1. The van der Waals surface area contributed by atoms with Gasteiger partial charge in [-0.2, -0.15) is 0 Å². The number of nitrogens with zero attached hydrogens (tertiary/aromatic N) is 2. The molecule has 3 amide bonds. The number of anilines is 2. The molecule has 0 aliphatic heterocycles. The van der Waals surface area contributed by atoms with Gasteiger partial charge in [-0.25, -0.2) is 0 Å².